The molecule has 1 aliphatic heterocycles. The minimum absolute atomic E-state index is 0.000833. The van der Waals surface area contributed by atoms with Crippen LogP contribution in [0.3, 0.4) is 0 Å². The van der Waals surface area contributed by atoms with E-state index in [1.165, 1.54) is 0 Å². The van der Waals surface area contributed by atoms with Crippen molar-refractivity contribution >= 4 is 5.91 Å². The van der Waals surface area contributed by atoms with Gasteiger partial charge in [0.25, 0.3) is 0 Å². The third-order valence-electron chi connectivity index (χ3n) is 2.41. The molecule has 0 unspecified atom stereocenters. The SMILES string of the molecule is CCN1CCC[C@H]1C(=O)NCC#N. The fourth-order valence-electron chi connectivity index (χ4n) is 1.75. The van der Waals surface area contributed by atoms with Gasteiger partial charge >= 0.3 is 0 Å². The maximum absolute atomic E-state index is 11.5. The summed E-state index contributed by atoms with van der Waals surface area (Å²) in [7, 11) is 0. The molecule has 4 nitrogen and oxygen atoms in total. The molecule has 0 aliphatic carbocycles. The minimum atomic E-state index is -0.00153. The van der Waals surface area contributed by atoms with Crippen LogP contribution in [-0.2, 0) is 4.79 Å². The zero-order valence-electron chi connectivity index (χ0n) is 7.92. The number of nitriles is 1. The summed E-state index contributed by atoms with van der Waals surface area (Å²) in [4.78, 5) is 13.6. The second-order valence-corrected chi connectivity index (χ2v) is 3.16. The fourth-order valence-corrected chi connectivity index (χ4v) is 1.75. The van der Waals surface area contributed by atoms with Crippen LogP contribution in [0, 0.1) is 11.3 Å². The van der Waals surface area contributed by atoms with E-state index in [-0.39, 0.29) is 18.5 Å². The molecule has 0 radical (unpaired) electrons. The molecule has 0 aromatic heterocycles. The molecule has 0 bridgehead atoms. The number of likely N-dealkylation sites (tertiary alicyclic amines) is 1. The maximum atomic E-state index is 11.5. The Balaban J connectivity index is 2.41. The van der Waals surface area contributed by atoms with Crippen molar-refractivity contribution in [2.75, 3.05) is 19.6 Å². The number of amides is 1. The molecule has 0 aromatic carbocycles. The molecule has 1 N–H and O–H groups in total. The molecule has 1 saturated heterocycles. The summed E-state index contributed by atoms with van der Waals surface area (Å²) < 4.78 is 0. The van der Waals surface area contributed by atoms with E-state index < -0.39 is 0 Å². The molecule has 0 spiro atoms. The van der Waals surface area contributed by atoms with Gasteiger partial charge in [-0.3, -0.25) is 9.69 Å². The van der Waals surface area contributed by atoms with E-state index in [9.17, 15) is 4.79 Å². The van der Waals surface area contributed by atoms with Gasteiger partial charge in [0, 0.05) is 0 Å². The fraction of sp³-hybridized carbons (Fsp3) is 0.778. The van der Waals surface area contributed by atoms with E-state index in [0.717, 1.165) is 25.9 Å². The number of rotatable bonds is 3. The summed E-state index contributed by atoms with van der Waals surface area (Å²) in [6, 6.07) is 1.90. The second kappa shape index (κ2) is 4.83. The van der Waals surface area contributed by atoms with E-state index in [0.29, 0.717) is 0 Å². The molecule has 1 aliphatic rings. The molecule has 72 valence electrons. The van der Waals surface area contributed by atoms with Gasteiger partial charge in [0.05, 0.1) is 12.1 Å². The molecule has 0 saturated carbocycles. The first kappa shape index (κ1) is 10.0. The molecular formula is C9H15N3O. The van der Waals surface area contributed by atoms with Crippen molar-refractivity contribution in [2.24, 2.45) is 0 Å². The Bertz CT molecular complexity index is 221. The van der Waals surface area contributed by atoms with E-state index in [1.807, 2.05) is 6.07 Å². The summed E-state index contributed by atoms with van der Waals surface area (Å²) >= 11 is 0. The number of hydrogen-bond donors (Lipinski definition) is 1. The predicted octanol–water partition coefficient (Wildman–Crippen LogP) is 0.110. The third-order valence-corrected chi connectivity index (χ3v) is 2.41. The topological polar surface area (TPSA) is 56.1 Å². The number of nitrogens with zero attached hydrogens (tertiary/aromatic N) is 2. The normalized spacial score (nSPS) is 22.6. The predicted molar refractivity (Wildman–Crippen MR) is 48.9 cm³/mol. The molecule has 1 heterocycles. The quantitative estimate of drug-likeness (QED) is 0.629. The van der Waals surface area contributed by atoms with Crippen molar-refractivity contribution in [3.05, 3.63) is 0 Å². The van der Waals surface area contributed by atoms with Crippen molar-refractivity contribution in [1.82, 2.24) is 10.2 Å². The zero-order valence-corrected chi connectivity index (χ0v) is 7.92. The first-order valence-electron chi connectivity index (χ1n) is 4.68. The number of carbonyl (C=O) groups is 1. The largest absolute Gasteiger partial charge is 0.342 e. The minimum Gasteiger partial charge on any atom is -0.342 e. The Kier molecular flexibility index (Phi) is 3.71. The summed E-state index contributed by atoms with van der Waals surface area (Å²) in [6.07, 6.45) is 2.00. The van der Waals surface area contributed by atoms with Gasteiger partial charge in [0.15, 0.2) is 0 Å². The van der Waals surface area contributed by atoms with Gasteiger partial charge in [-0.15, -0.1) is 0 Å². The number of hydrogen-bond acceptors (Lipinski definition) is 3. The van der Waals surface area contributed by atoms with Crippen LogP contribution < -0.4 is 5.32 Å². The summed E-state index contributed by atoms with van der Waals surface area (Å²) in [6.45, 7) is 4.08. The van der Waals surface area contributed by atoms with Crippen LogP contribution in [0.4, 0.5) is 0 Å². The highest BCUT2D eigenvalue weighted by Gasteiger charge is 2.28. The van der Waals surface area contributed by atoms with Crippen LogP contribution in [0.25, 0.3) is 0 Å². The van der Waals surface area contributed by atoms with Crippen LogP contribution in [0.5, 0.6) is 0 Å². The lowest BCUT2D eigenvalue weighted by Crippen LogP contribution is -2.43. The van der Waals surface area contributed by atoms with Crippen molar-refractivity contribution in [3.8, 4) is 6.07 Å². The van der Waals surface area contributed by atoms with Crippen LogP contribution in [0.1, 0.15) is 19.8 Å². The van der Waals surface area contributed by atoms with Crippen molar-refractivity contribution in [1.29, 1.82) is 5.26 Å². The highest BCUT2D eigenvalue weighted by atomic mass is 16.2. The molecule has 1 atom stereocenters. The first-order chi connectivity index (χ1) is 6.29. The third kappa shape index (κ3) is 2.43. The van der Waals surface area contributed by atoms with Gasteiger partial charge < -0.3 is 5.32 Å². The Morgan fingerprint density at radius 1 is 1.77 bits per heavy atom. The standard InChI is InChI=1S/C9H15N3O/c1-2-12-7-3-4-8(12)9(13)11-6-5-10/h8H,2-4,6-7H2,1H3,(H,11,13)/t8-/m0/s1. The van der Waals surface area contributed by atoms with E-state index in [4.69, 9.17) is 5.26 Å². The molecular weight excluding hydrogens is 166 g/mol. The van der Waals surface area contributed by atoms with Gasteiger partial charge in [0.2, 0.25) is 5.91 Å². The molecule has 1 fully saturated rings. The van der Waals surface area contributed by atoms with Gasteiger partial charge in [0.1, 0.15) is 6.54 Å². The van der Waals surface area contributed by atoms with Crippen LogP contribution in [0.15, 0.2) is 0 Å². The van der Waals surface area contributed by atoms with Crippen molar-refractivity contribution in [2.45, 2.75) is 25.8 Å². The van der Waals surface area contributed by atoms with Gasteiger partial charge in [-0.1, -0.05) is 6.92 Å². The van der Waals surface area contributed by atoms with Gasteiger partial charge in [-0.2, -0.15) is 5.26 Å². The number of nitrogens with one attached hydrogen (secondary N) is 1. The van der Waals surface area contributed by atoms with E-state index in [2.05, 4.69) is 17.1 Å². The lowest BCUT2D eigenvalue weighted by atomic mass is 10.2. The highest BCUT2D eigenvalue weighted by Crippen LogP contribution is 2.16. The van der Waals surface area contributed by atoms with E-state index in [1.54, 1.807) is 0 Å². The molecule has 1 rings (SSSR count). The molecule has 4 heteroatoms. The zero-order chi connectivity index (χ0) is 9.68. The summed E-state index contributed by atoms with van der Waals surface area (Å²) in [5.41, 5.74) is 0. The molecule has 1 amide bonds. The Morgan fingerprint density at radius 2 is 2.54 bits per heavy atom. The maximum Gasteiger partial charge on any atom is 0.238 e. The number of likely N-dealkylation sites (N-methyl/N-ethyl adjacent to an activating group) is 1. The van der Waals surface area contributed by atoms with Gasteiger partial charge in [-0.05, 0) is 25.9 Å². The first-order valence-corrected chi connectivity index (χ1v) is 4.68. The average molecular weight is 181 g/mol. The number of carbonyl (C=O) groups excluding carboxylic acids is 1. The summed E-state index contributed by atoms with van der Waals surface area (Å²) in [5, 5.41) is 10.9. The summed E-state index contributed by atoms with van der Waals surface area (Å²) in [5.74, 6) is 0.000833. The monoisotopic (exact) mass is 181 g/mol. The Labute approximate surface area is 78.5 Å². The Hall–Kier alpha value is -1.08. The lowest BCUT2D eigenvalue weighted by molar-refractivity contribution is -0.125. The Morgan fingerprint density at radius 3 is 3.15 bits per heavy atom. The van der Waals surface area contributed by atoms with Crippen LogP contribution in [-0.4, -0.2) is 36.5 Å². The highest BCUT2D eigenvalue weighted by molar-refractivity contribution is 5.82. The van der Waals surface area contributed by atoms with Crippen molar-refractivity contribution < 1.29 is 4.79 Å². The van der Waals surface area contributed by atoms with E-state index >= 15 is 0 Å². The van der Waals surface area contributed by atoms with Crippen molar-refractivity contribution in [3.63, 3.8) is 0 Å². The smallest absolute Gasteiger partial charge is 0.238 e. The lowest BCUT2D eigenvalue weighted by Gasteiger charge is -2.20. The molecule has 0 aromatic rings. The van der Waals surface area contributed by atoms with Crippen LogP contribution in [0.2, 0.25) is 0 Å². The van der Waals surface area contributed by atoms with Gasteiger partial charge in [-0.25, -0.2) is 0 Å². The average Bonchev–Trinajstić information content (AvgIpc) is 2.61. The van der Waals surface area contributed by atoms with Crippen LogP contribution >= 0.6 is 0 Å². The molecule has 13 heavy (non-hydrogen) atoms. The second-order valence-electron chi connectivity index (χ2n) is 3.16.